The third kappa shape index (κ3) is 2.13. The summed E-state index contributed by atoms with van der Waals surface area (Å²) in [5, 5.41) is 0. The van der Waals surface area contributed by atoms with Crippen LogP contribution in [0.25, 0.3) is 0 Å². The van der Waals surface area contributed by atoms with E-state index in [9.17, 15) is 0 Å². The van der Waals surface area contributed by atoms with Crippen molar-refractivity contribution in [3.8, 4) is 5.75 Å². The molecule has 0 saturated carbocycles. The molecule has 1 fully saturated rings. The van der Waals surface area contributed by atoms with Gasteiger partial charge in [0.25, 0.3) is 0 Å². The van der Waals surface area contributed by atoms with Crippen molar-refractivity contribution in [2.45, 2.75) is 38.1 Å². The Bertz CT molecular complexity index is 488. The van der Waals surface area contributed by atoms with Gasteiger partial charge in [-0.1, -0.05) is 13.0 Å². The molecule has 1 aromatic rings. The number of ether oxygens (including phenoxy) is 1. The van der Waals surface area contributed by atoms with Crippen molar-refractivity contribution in [1.82, 2.24) is 4.90 Å². The number of fused-ring (bicyclic) bond motifs is 1. The van der Waals surface area contributed by atoms with Crippen LogP contribution in [-0.4, -0.2) is 31.6 Å². The quantitative estimate of drug-likeness (QED) is 0.920. The van der Waals surface area contributed by atoms with E-state index in [0.29, 0.717) is 6.54 Å². The summed E-state index contributed by atoms with van der Waals surface area (Å²) in [6.07, 6.45) is 4.88. The van der Waals surface area contributed by atoms with Crippen LogP contribution in [0, 0.1) is 5.92 Å². The van der Waals surface area contributed by atoms with E-state index in [0.717, 1.165) is 11.7 Å². The summed E-state index contributed by atoms with van der Waals surface area (Å²) in [7, 11) is 1.74. The van der Waals surface area contributed by atoms with Crippen LogP contribution in [0.4, 0.5) is 0 Å². The minimum absolute atomic E-state index is 0.0346. The highest BCUT2D eigenvalue weighted by Crippen LogP contribution is 2.43. The molecule has 2 N–H and O–H groups in total. The molecular weight excluding hydrogens is 248 g/mol. The van der Waals surface area contributed by atoms with Gasteiger partial charge < -0.3 is 10.5 Å². The summed E-state index contributed by atoms with van der Waals surface area (Å²) in [6, 6.07) is 6.54. The molecule has 0 bridgehead atoms. The van der Waals surface area contributed by atoms with Crippen LogP contribution in [0.3, 0.4) is 0 Å². The molecule has 0 spiro atoms. The lowest BCUT2D eigenvalue weighted by molar-refractivity contribution is 0.0976. The van der Waals surface area contributed by atoms with Crippen LogP contribution in [0.15, 0.2) is 18.2 Å². The van der Waals surface area contributed by atoms with Crippen LogP contribution < -0.4 is 10.5 Å². The number of methoxy groups -OCH3 is 1. The van der Waals surface area contributed by atoms with Crippen molar-refractivity contribution in [3.63, 3.8) is 0 Å². The second-order valence-electron chi connectivity index (χ2n) is 6.45. The molecule has 1 aromatic carbocycles. The zero-order valence-electron chi connectivity index (χ0n) is 12.7. The van der Waals surface area contributed by atoms with Gasteiger partial charge in [0.1, 0.15) is 5.75 Å². The van der Waals surface area contributed by atoms with Gasteiger partial charge in [-0.15, -0.1) is 0 Å². The Labute approximate surface area is 122 Å². The molecule has 20 heavy (non-hydrogen) atoms. The highest BCUT2D eigenvalue weighted by atomic mass is 16.5. The lowest BCUT2D eigenvalue weighted by Crippen LogP contribution is -2.52. The first-order valence-corrected chi connectivity index (χ1v) is 7.82. The largest absolute Gasteiger partial charge is 0.497 e. The van der Waals surface area contributed by atoms with Crippen molar-refractivity contribution < 1.29 is 4.74 Å². The molecule has 2 unspecified atom stereocenters. The average Bonchev–Trinajstić information content (AvgIpc) is 2.93. The molecule has 3 nitrogen and oxygen atoms in total. The van der Waals surface area contributed by atoms with Gasteiger partial charge in [0.05, 0.1) is 12.6 Å². The lowest BCUT2D eigenvalue weighted by atomic mass is 9.75. The number of rotatable bonds is 3. The molecule has 110 valence electrons. The molecule has 2 atom stereocenters. The molecule has 3 heteroatoms. The summed E-state index contributed by atoms with van der Waals surface area (Å²) in [4.78, 5) is 2.63. The molecule has 0 aromatic heterocycles. The number of nitrogens with zero attached hydrogens (tertiary/aromatic N) is 1. The standard InChI is InChI=1S/C17H26N2O/c1-13-7-9-19(11-13)17(12-18)8-3-4-14-5-6-15(20-2)10-16(14)17/h5-6,10,13H,3-4,7-9,11-12,18H2,1-2H3. The van der Waals surface area contributed by atoms with E-state index in [1.165, 1.54) is 49.9 Å². The smallest absolute Gasteiger partial charge is 0.119 e. The lowest BCUT2D eigenvalue weighted by Gasteiger charge is -2.45. The third-order valence-corrected chi connectivity index (χ3v) is 5.22. The highest BCUT2D eigenvalue weighted by Gasteiger charge is 2.43. The van der Waals surface area contributed by atoms with E-state index in [-0.39, 0.29) is 5.54 Å². The topological polar surface area (TPSA) is 38.5 Å². The first kappa shape index (κ1) is 13.9. The molecule has 1 saturated heterocycles. The monoisotopic (exact) mass is 274 g/mol. The van der Waals surface area contributed by atoms with Crippen molar-refractivity contribution in [2.75, 3.05) is 26.7 Å². The van der Waals surface area contributed by atoms with Gasteiger partial charge in [-0.3, -0.25) is 4.90 Å². The second kappa shape index (κ2) is 5.38. The number of likely N-dealkylation sites (tertiary alicyclic amines) is 1. The number of hydrogen-bond donors (Lipinski definition) is 1. The fraction of sp³-hybridized carbons (Fsp3) is 0.647. The minimum atomic E-state index is 0.0346. The normalized spacial score (nSPS) is 30.2. The first-order valence-electron chi connectivity index (χ1n) is 7.82. The van der Waals surface area contributed by atoms with E-state index >= 15 is 0 Å². The molecule has 0 amide bonds. The van der Waals surface area contributed by atoms with E-state index in [1.807, 2.05) is 0 Å². The summed E-state index contributed by atoms with van der Waals surface area (Å²) >= 11 is 0. The number of benzene rings is 1. The fourth-order valence-electron chi connectivity index (χ4n) is 4.03. The summed E-state index contributed by atoms with van der Waals surface area (Å²) in [6.45, 7) is 5.41. The van der Waals surface area contributed by atoms with E-state index in [4.69, 9.17) is 10.5 Å². The summed E-state index contributed by atoms with van der Waals surface area (Å²) in [5.74, 6) is 1.74. The Morgan fingerprint density at radius 1 is 1.45 bits per heavy atom. The van der Waals surface area contributed by atoms with Gasteiger partial charge in [-0.05, 0) is 61.4 Å². The van der Waals surface area contributed by atoms with E-state index in [1.54, 1.807) is 7.11 Å². The van der Waals surface area contributed by atoms with Crippen LogP contribution in [0.1, 0.15) is 37.3 Å². The Hall–Kier alpha value is -1.06. The first-order chi connectivity index (χ1) is 9.69. The van der Waals surface area contributed by atoms with Crippen molar-refractivity contribution in [2.24, 2.45) is 11.7 Å². The molecule has 0 radical (unpaired) electrons. The zero-order valence-corrected chi connectivity index (χ0v) is 12.7. The fourth-order valence-corrected chi connectivity index (χ4v) is 4.03. The highest BCUT2D eigenvalue weighted by molar-refractivity contribution is 5.42. The van der Waals surface area contributed by atoms with Crippen molar-refractivity contribution >= 4 is 0 Å². The van der Waals surface area contributed by atoms with E-state index < -0.39 is 0 Å². The molecule has 1 heterocycles. The number of hydrogen-bond acceptors (Lipinski definition) is 3. The van der Waals surface area contributed by atoms with Gasteiger partial charge in [-0.2, -0.15) is 0 Å². The Morgan fingerprint density at radius 2 is 2.30 bits per heavy atom. The van der Waals surface area contributed by atoms with Gasteiger partial charge in [0.2, 0.25) is 0 Å². The summed E-state index contributed by atoms with van der Waals surface area (Å²) in [5.41, 5.74) is 9.20. The Morgan fingerprint density at radius 3 is 2.95 bits per heavy atom. The molecular formula is C17H26N2O. The zero-order chi connectivity index (χ0) is 14.2. The molecule has 2 aliphatic rings. The number of nitrogens with two attached hydrogens (primary N) is 1. The predicted molar refractivity (Wildman–Crippen MR) is 82.0 cm³/mol. The SMILES string of the molecule is COc1ccc2c(c1)C(CN)(N1CCC(C)C1)CCC2. The van der Waals surface area contributed by atoms with E-state index in [2.05, 4.69) is 30.0 Å². The van der Waals surface area contributed by atoms with Crippen LogP contribution in [0.5, 0.6) is 5.75 Å². The number of aryl methyl sites for hydroxylation is 1. The van der Waals surface area contributed by atoms with Gasteiger partial charge in [-0.25, -0.2) is 0 Å². The van der Waals surface area contributed by atoms with Gasteiger partial charge in [0.15, 0.2) is 0 Å². The predicted octanol–water partition coefficient (Wildman–Crippen LogP) is 2.53. The Kier molecular flexibility index (Phi) is 3.74. The van der Waals surface area contributed by atoms with Gasteiger partial charge in [0, 0.05) is 13.1 Å². The van der Waals surface area contributed by atoms with Crippen molar-refractivity contribution in [3.05, 3.63) is 29.3 Å². The maximum atomic E-state index is 6.29. The molecule has 3 rings (SSSR count). The maximum Gasteiger partial charge on any atom is 0.119 e. The average molecular weight is 274 g/mol. The third-order valence-electron chi connectivity index (χ3n) is 5.22. The Balaban J connectivity index is 2.04. The molecule has 1 aliphatic heterocycles. The van der Waals surface area contributed by atoms with Crippen LogP contribution in [0.2, 0.25) is 0 Å². The summed E-state index contributed by atoms with van der Waals surface area (Å²) < 4.78 is 5.44. The van der Waals surface area contributed by atoms with Crippen LogP contribution in [-0.2, 0) is 12.0 Å². The van der Waals surface area contributed by atoms with Crippen molar-refractivity contribution in [1.29, 1.82) is 0 Å². The van der Waals surface area contributed by atoms with Gasteiger partial charge >= 0.3 is 0 Å². The minimum Gasteiger partial charge on any atom is -0.497 e. The molecule has 1 aliphatic carbocycles. The maximum absolute atomic E-state index is 6.29. The van der Waals surface area contributed by atoms with Crippen LogP contribution >= 0.6 is 0 Å². The second-order valence-corrected chi connectivity index (χ2v) is 6.45.